The van der Waals surface area contributed by atoms with E-state index in [-0.39, 0.29) is 0 Å². The van der Waals surface area contributed by atoms with Crippen LogP contribution in [0, 0.1) is 0 Å². The second-order valence-corrected chi connectivity index (χ2v) is 3.85. The first kappa shape index (κ1) is 7.93. The molecular formula is C13H7N3. The molecule has 0 radical (unpaired) electrons. The number of para-hydroxylation sites is 1. The third-order valence-corrected chi connectivity index (χ3v) is 2.94. The molecule has 1 aromatic heterocycles. The van der Waals surface area contributed by atoms with Gasteiger partial charge in [0, 0.05) is 22.9 Å². The van der Waals surface area contributed by atoms with Crippen LogP contribution in [0.1, 0.15) is 5.56 Å². The highest BCUT2D eigenvalue weighted by atomic mass is 14.8. The minimum atomic E-state index is 0.936. The van der Waals surface area contributed by atoms with E-state index < -0.39 is 0 Å². The first-order valence-corrected chi connectivity index (χ1v) is 5.14. The lowest BCUT2D eigenvalue weighted by molar-refractivity contribution is 1.20. The summed E-state index contributed by atoms with van der Waals surface area (Å²) in [5.74, 6) is 0. The molecule has 2 aliphatic rings. The van der Waals surface area contributed by atoms with Crippen LogP contribution >= 0.6 is 0 Å². The van der Waals surface area contributed by atoms with E-state index in [1.54, 1.807) is 6.20 Å². The molecule has 4 rings (SSSR count). The van der Waals surface area contributed by atoms with Crippen LogP contribution < -0.4 is 10.7 Å². The first-order valence-electron chi connectivity index (χ1n) is 5.14. The lowest BCUT2D eigenvalue weighted by Gasteiger charge is -2.00. The molecule has 74 valence electrons. The van der Waals surface area contributed by atoms with Crippen LogP contribution in [-0.4, -0.2) is 11.2 Å². The lowest BCUT2D eigenvalue weighted by Crippen LogP contribution is -2.18. The zero-order chi connectivity index (χ0) is 10.5. The fourth-order valence-corrected chi connectivity index (χ4v) is 2.23. The van der Waals surface area contributed by atoms with Gasteiger partial charge in [-0.1, -0.05) is 18.2 Å². The van der Waals surface area contributed by atoms with Crippen molar-refractivity contribution in [3.63, 3.8) is 0 Å². The number of fused-ring (bicyclic) bond motifs is 5. The van der Waals surface area contributed by atoms with Crippen molar-refractivity contribution in [2.24, 2.45) is 9.98 Å². The molecule has 0 N–H and O–H groups in total. The van der Waals surface area contributed by atoms with Gasteiger partial charge in [-0.05, 0) is 6.07 Å². The summed E-state index contributed by atoms with van der Waals surface area (Å²) in [6.07, 6.45) is 5.47. The molecule has 0 saturated carbocycles. The second kappa shape index (κ2) is 2.64. The van der Waals surface area contributed by atoms with E-state index in [0.717, 1.165) is 27.5 Å². The Labute approximate surface area is 91.5 Å². The number of rotatable bonds is 0. The molecule has 0 atom stereocenters. The molecule has 0 fully saturated rings. The third-order valence-electron chi connectivity index (χ3n) is 2.94. The largest absolute Gasteiger partial charge is 0.262 e. The van der Waals surface area contributed by atoms with Gasteiger partial charge in [-0.3, -0.25) is 9.98 Å². The average molecular weight is 205 g/mol. The Hall–Kier alpha value is -2.29. The summed E-state index contributed by atoms with van der Waals surface area (Å²) in [5.41, 5.74) is 4.45. The summed E-state index contributed by atoms with van der Waals surface area (Å²) in [6.45, 7) is 0. The van der Waals surface area contributed by atoms with Crippen molar-refractivity contribution in [1.82, 2.24) is 4.98 Å². The highest BCUT2D eigenvalue weighted by Gasteiger charge is 2.18. The Morgan fingerprint density at radius 1 is 1.06 bits per heavy atom. The van der Waals surface area contributed by atoms with E-state index in [4.69, 9.17) is 0 Å². The summed E-state index contributed by atoms with van der Waals surface area (Å²) < 4.78 is 0. The van der Waals surface area contributed by atoms with Gasteiger partial charge < -0.3 is 0 Å². The van der Waals surface area contributed by atoms with E-state index in [0.29, 0.717) is 0 Å². The zero-order valence-corrected chi connectivity index (χ0v) is 8.38. The van der Waals surface area contributed by atoms with Crippen molar-refractivity contribution in [3.8, 4) is 11.1 Å². The molecule has 0 spiro atoms. The van der Waals surface area contributed by atoms with Crippen LogP contribution in [-0.2, 0) is 0 Å². The smallest absolute Gasteiger partial charge is 0.0907 e. The second-order valence-electron chi connectivity index (χ2n) is 3.85. The topological polar surface area (TPSA) is 37.6 Å². The van der Waals surface area contributed by atoms with Crippen molar-refractivity contribution in [2.75, 3.05) is 0 Å². The van der Waals surface area contributed by atoms with Crippen molar-refractivity contribution >= 4 is 18.1 Å². The maximum Gasteiger partial charge on any atom is 0.0907 e. The number of aromatic nitrogens is 1. The molecule has 0 amide bonds. The standard InChI is InChI=1S/C13H7N3/c1-2-4-10-8(3-1)13-9-5-14-6-11(9)15-7-12(13)16-10/h1-7H. The van der Waals surface area contributed by atoms with Gasteiger partial charge in [0.25, 0.3) is 0 Å². The van der Waals surface area contributed by atoms with Crippen molar-refractivity contribution < 1.29 is 0 Å². The van der Waals surface area contributed by atoms with Gasteiger partial charge >= 0.3 is 0 Å². The maximum absolute atomic E-state index is 4.55. The Kier molecular flexibility index (Phi) is 1.31. The Balaban J connectivity index is 2.22. The molecule has 16 heavy (non-hydrogen) atoms. The van der Waals surface area contributed by atoms with Crippen LogP contribution in [0.3, 0.4) is 0 Å². The summed E-state index contributed by atoms with van der Waals surface area (Å²) in [4.78, 5) is 13.0. The predicted molar refractivity (Wildman–Crippen MR) is 62.2 cm³/mol. The average Bonchev–Trinajstić information content (AvgIpc) is 2.91. The predicted octanol–water partition coefficient (Wildman–Crippen LogP) is 1.18. The number of hydrogen-bond donors (Lipinski definition) is 0. The number of hydrogen-bond acceptors (Lipinski definition) is 3. The Morgan fingerprint density at radius 3 is 3.00 bits per heavy atom. The quantitative estimate of drug-likeness (QED) is 0.543. The number of aliphatic imine (C=N–C) groups is 1. The maximum atomic E-state index is 4.55. The molecule has 0 saturated heterocycles. The monoisotopic (exact) mass is 205 g/mol. The molecule has 0 unspecified atom stereocenters. The van der Waals surface area contributed by atoms with Crippen molar-refractivity contribution in [2.45, 2.75) is 0 Å². The summed E-state index contributed by atoms with van der Waals surface area (Å²) in [6, 6.07) is 8.16. The van der Waals surface area contributed by atoms with E-state index in [9.17, 15) is 0 Å². The third kappa shape index (κ3) is 0.852. The molecule has 1 aromatic carbocycles. The van der Waals surface area contributed by atoms with E-state index >= 15 is 0 Å². The molecule has 0 bridgehead atoms. The van der Waals surface area contributed by atoms with Crippen molar-refractivity contribution in [3.05, 3.63) is 46.7 Å². The Morgan fingerprint density at radius 2 is 2.00 bits per heavy atom. The zero-order valence-electron chi connectivity index (χ0n) is 8.38. The lowest BCUT2D eigenvalue weighted by atomic mass is 10.0. The normalized spacial score (nSPS) is 13.8. The first-order chi connectivity index (χ1) is 7.93. The van der Waals surface area contributed by atoms with E-state index in [2.05, 4.69) is 21.0 Å². The number of pyridine rings is 1. The number of benzene rings is 1. The van der Waals surface area contributed by atoms with Gasteiger partial charge in [-0.15, -0.1) is 0 Å². The van der Waals surface area contributed by atoms with Crippen LogP contribution in [0.4, 0.5) is 5.69 Å². The van der Waals surface area contributed by atoms with Gasteiger partial charge in [0.15, 0.2) is 0 Å². The molecule has 3 heteroatoms. The van der Waals surface area contributed by atoms with E-state index in [1.807, 2.05) is 30.6 Å². The molecule has 2 aliphatic heterocycles. The molecular weight excluding hydrogens is 198 g/mol. The van der Waals surface area contributed by atoms with Crippen LogP contribution in [0.5, 0.6) is 0 Å². The SMILES string of the molecule is C1=NC=c2ncc3c(c21)-c1ccccc1N=3. The fourth-order valence-electron chi connectivity index (χ4n) is 2.23. The Bertz CT molecular complexity index is 757. The van der Waals surface area contributed by atoms with Gasteiger partial charge in [-0.25, -0.2) is 4.99 Å². The van der Waals surface area contributed by atoms with Gasteiger partial charge in [0.1, 0.15) is 0 Å². The van der Waals surface area contributed by atoms with Crippen LogP contribution in [0.15, 0.2) is 40.4 Å². The minimum absolute atomic E-state index is 0.936. The number of nitrogens with zero attached hydrogens (tertiary/aromatic N) is 3. The minimum Gasteiger partial charge on any atom is -0.262 e. The van der Waals surface area contributed by atoms with Gasteiger partial charge in [-0.2, -0.15) is 0 Å². The molecule has 2 aromatic rings. The van der Waals surface area contributed by atoms with E-state index in [1.165, 1.54) is 5.56 Å². The summed E-state index contributed by atoms with van der Waals surface area (Å²) in [5, 5.41) is 1.88. The highest BCUT2D eigenvalue weighted by molar-refractivity contribution is 5.96. The highest BCUT2D eigenvalue weighted by Crippen LogP contribution is 2.32. The van der Waals surface area contributed by atoms with Gasteiger partial charge in [0.2, 0.25) is 0 Å². The van der Waals surface area contributed by atoms with Gasteiger partial charge in [0.05, 0.1) is 28.8 Å². The van der Waals surface area contributed by atoms with Crippen LogP contribution in [0.25, 0.3) is 17.3 Å². The molecule has 3 heterocycles. The van der Waals surface area contributed by atoms with Crippen molar-refractivity contribution in [1.29, 1.82) is 0 Å². The molecule has 0 aliphatic carbocycles. The fraction of sp³-hybridized carbons (Fsp3) is 0. The summed E-state index contributed by atoms with van der Waals surface area (Å²) >= 11 is 0. The van der Waals surface area contributed by atoms with Crippen LogP contribution in [0.2, 0.25) is 0 Å². The summed E-state index contributed by atoms with van der Waals surface area (Å²) in [7, 11) is 0. The molecule has 3 nitrogen and oxygen atoms in total.